The van der Waals surface area contributed by atoms with Gasteiger partial charge in [-0.15, -0.1) is 0 Å². The number of piperazine rings is 1. The van der Waals surface area contributed by atoms with Crippen LogP contribution < -0.4 is 10.1 Å². The number of ether oxygens (including phenoxy) is 1. The zero-order valence-corrected chi connectivity index (χ0v) is 14.7. The minimum absolute atomic E-state index is 0.189. The minimum atomic E-state index is -4.48. The van der Waals surface area contributed by atoms with Gasteiger partial charge < -0.3 is 10.1 Å². The highest BCUT2D eigenvalue weighted by molar-refractivity contribution is 5.29. The van der Waals surface area contributed by atoms with Crippen molar-refractivity contribution in [3.05, 3.63) is 29.8 Å². The summed E-state index contributed by atoms with van der Waals surface area (Å²) >= 11 is 0. The number of rotatable bonds is 8. The maximum atomic E-state index is 13.0. The second kappa shape index (κ2) is 8.85. The lowest BCUT2D eigenvalue weighted by Gasteiger charge is -2.35. The van der Waals surface area contributed by atoms with Crippen LogP contribution in [0, 0.1) is 5.92 Å². The van der Waals surface area contributed by atoms with E-state index < -0.39 is 12.5 Å². The van der Waals surface area contributed by atoms with Gasteiger partial charge in [0.25, 0.3) is 0 Å². The highest BCUT2D eigenvalue weighted by Crippen LogP contribution is 2.31. The summed E-state index contributed by atoms with van der Waals surface area (Å²) in [7, 11) is 0. The topological polar surface area (TPSA) is 24.5 Å². The van der Waals surface area contributed by atoms with E-state index in [9.17, 15) is 17.6 Å². The predicted octanol–water partition coefficient (Wildman–Crippen LogP) is 4.31. The lowest BCUT2D eigenvalue weighted by atomic mass is 9.95. The maximum absolute atomic E-state index is 13.0. The van der Waals surface area contributed by atoms with Crippen LogP contribution in [0.2, 0.25) is 0 Å². The summed E-state index contributed by atoms with van der Waals surface area (Å²) in [6.45, 7) is 8.01. The smallest absolute Gasteiger partial charge is 0.428 e. The molecule has 0 unspecified atom stereocenters. The van der Waals surface area contributed by atoms with Crippen LogP contribution in [0.4, 0.5) is 17.6 Å². The highest BCUT2D eigenvalue weighted by atomic mass is 19.3. The fraction of sp³-hybridized carbons (Fsp3) is 0.667. The third-order valence-corrected chi connectivity index (χ3v) is 4.38. The van der Waals surface area contributed by atoms with E-state index in [0.717, 1.165) is 44.6 Å². The van der Waals surface area contributed by atoms with Gasteiger partial charge in [0.05, 0.1) is 0 Å². The third kappa shape index (κ3) is 5.85. The molecule has 2 rings (SSSR count). The van der Waals surface area contributed by atoms with Crippen molar-refractivity contribution < 1.29 is 22.3 Å². The van der Waals surface area contributed by atoms with Gasteiger partial charge in [-0.2, -0.15) is 17.6 Å². The number of nitrogens with zero attached hydrogens (tertiary/aromatic N) is 1. The molecule has 142 valence electrons. The minimum Gasteiger partial charge on any atom is -0.428 e. The number of hydrogen-bond donors (Lipinski definition) is 1. The summed E-state index contributed by atoms with van der Waals surface area (Å²) in [5.41, 5.74) is 0.996. The van der Waals surface area contributed by atoms with Crippen molar-refractivity contribution in [3.8, 4) is 5.75 Å². The zero-order valence-electron chi connectivity index (χ0n) is 14.7. The van der Waals surface area contributed by atoms with E-state index in [1.165, 1.54) is 12.1 Å². The average molecular weight is 362 g/mol. The van der Waals surface area contributed by atoms with Crippen molar-refractivity contribution in [2.45, 2.75) is 45.3 Å². The quantitative estimate of drug-likeness (QED) is 0.698. The van der Waals surface area contributed by atoms with Gasteiger partial charge >= 0.3 is 12.5 Å². The largest absolute Gasteiger partial charge is 0.461 e. The van der Waals surface area contributed by atoms with Gasteiger partial charge in [-0.25, -0.2) is 0 Å². The molecule has 1 fully saturated rings. The average Bonchev–Trinajstić information content (AvgIpc) is 2.57. The molecular weight excluding hydrogens is 336 g/mol. The molecule has 1 N–H and O–H groups in total. The number of alkyl halides is 4. The molecule has 0 aliphatic carbocycles. The van der Waals surface area contributed by atoms with E-state index >= 15 is 0 Å². The molecule has 1 aromatic carbocycles. The molecule has 1 aromatic rings. The van der Waals surface area contributed by atoms with Crippen LogP contribution in [0.1, 0.15) is 38.3 Å². The Morgan fingerprint density at radius 1 is 1.08 bits per heavy atom. The molecule has 25 heavy (non-hydrogen) atoms. The van der Waals surface area contributed by atoms with Gasteiger partial charge in [0.1, 0.15) is 5.75 Å². The Balaban J connectivity index is 2.11. The number of halogens is 4. The first kappa shape index (κ1) is 20.0. The second-order valence-corrected chi connectivity index (χ2v) is 6.81. The first-order valence-electron chi connectivity index (χ1n) is 8.69. The normalized spacial score (nSPS) is 17.9. The molecule has 7 heteroatoms. The summed E-state index contributed by atoms with van der Waals surface area (Å²) in [5, 5.41) is 3.32. The number of nitrogens with one attached hydrogen (secondary N) is 1. The molecule has 0 amide bonds. The van der Waals surface area contributed by atoms with Crippen LogP contribution >= 0.6 is 0 Å². The van der Waals surface area contributed by atoms with E-state index in [2.05, 4.69) is 28.8 Å². The highest BCUT2D eigenvalue weighted by Gasteiger charge is 2.43. The number of hydrogen-bond acceptors (Lipinski definition) is 3. The zero-order chi connectivity index (χ0) is 18.4. The molecule has 0 spiro atoms. The van der Waals surface area contributed by atoms with E-state index in [-0.39, 0.29) is 11.8 Å². The first-order valence-corrected chi connectivity index (χ1v) is 8.69. The fourth-order valence-corrected chi connectivity index (χ4v) is 3.00. The summed E-state index contributed by atoms with van der Waals surface area (Å²) in [6.07, 6.45) is -6.31. The lowest BCUT2D eigenvalue weighted by molar-refractivity contribution is -0.253. The van der Waals surface area contributed by atoms with E-state index in [1.807, 2.05) is 0 Å². The Morgan fingerprint density at radius 3 is 2.20 bits per heavy atom. The maximum Gasteiger partial charge on any atom is 0.461 e. The van der Waals surface area contributed by atoms with E-state index in [0.29, 0.717) is 5.92 Å². The molecule has 1 aliphatic rings. The second-order valence-electron chi connectivity index (χ2n) is 6.81. The van der Waals surface area contributed by atoms with Crippen molar-refractivity contribution in [1.29, 1.82) is 0 Å². The van der Waals surface area contributed by atoms with E-state index in [4.69, 9.17) is 0 Å². The molecule has 0 radical (unpaired) electrons. The van der Waals surface area contributed by atoms with Crippen molar-refractivity contribution in [1.82, 2.24) is 10.2 Å². The van der Waals surface area contributed by atoms with Crippen molar-refractivity contribution in [3.63, 3.8) is 0 Å². The summed E-state index contributed by atoms with van der Waals surface area (Å²) < 4.78 is 54.6. The van der Waals surface area contributed by atoms with Gasteiger partial charge in [0, 0.05) is 32.2 Å². The molecule has 1 saturated heterocycles. The van der Waals surface area contributed by atoms with Crippen molar-refractivity contribution in [2.24, 2.45) is 5.92 Å². The molecule has 3 nitrogen and oxygen atoms in total. The Hall–Kier alpha value is -1.34. The fourth-order valence-electron chi connectivity index (χ4n) is 3.00. The molecule has 1 aliphatic heterocycles. The monoisotopic (exact) mass is 362 g/mol. The first-order chi connectivity index (χ1) is 11.8. The Labute approximate surface area is 146 Å². The van der Waals surface area contributed by atoms with Crippen LogP contribution in [-0.4, -0.2) is 43.6 Å². The Morgan fingerprint density at radius 2 is 1.68 bits per heavy atom. The lowest BCUT2D eigenvalue weighted by Crippen LogP contribution is -2.45. The van der Waals surface area contributed by atoms with Gasteiger partial charge in [-0.05, 0) is 36.5 Å². The molecule has 0 aromatic heterocycles. The third-order valence-electron chi connectivity index (χ3n) is 4.38. The Kier molecular flexibility index (Phi) is 7.07. The van der Waals surface area contributed by atoms with Crippen molar-refractivity contribution in [2.75, 3.05) is 26.2 Å². The summed E-state index contributed by atoms with van der Waals surface area (Å²) in [4.78, 5) is 2.38. The SMILES string of the molecule is CC(C)CC[C@@H](c1ccc(OC(F)(F)C(F)F)cc1)N1CCNCC1. The van der Waals surface area contributed by atoms with Gasteiger partial charge in [0.15, 0.2) is 0 Å². The van der Waals surface area contributed by atoms with E-state index in [1.54, 1.807) is 12.1 Å². The molecule has 0 saturated carbocycles. The van der Waals surface area contributed by atoms with Crippen LogP contribution in [0.15, 0.2) is 24.3 Å². The number of benzene rings is 1. The van der Waals surface area contributed by atoms with Gasteiger partial charge in [0.2, 0.25) is 0 Å². The van der Waals surface area contributed by atoms with Crippen LogP contribution in [0.25, 0.3) is 0 Å². The van der Waals surface area contributed by atoms with Gasteiger partial charge in [-0.1, -0.05) is 26.0 Å². The predicted molar refractivity (Wildman–Crippen MR) is 89.3 cm³/mol. The molecule has 1 heterocycles. The van der Waals surface area contributed by atoms with Crippen LogP contribution in [0.3, 0.4) is 0 Å². The standard InChI is InChI=1S/C18H26F4N2O/c1-13(2)3-8-16(24-11-9-23-10-12-24)14-4-6-15(7-5-14)25-18(21,22)17(19)20/h4-7,13,16-17,23H,3,8-12H2,1-2H3/t16-/m0/s1. The van der Waals surface area contributed by atoms with Crippen LogP contribution in [-0.2, 0) is 0 Å². The molecule has 0 bridgehead atoms. The van der Waals surface area contributed by atoms with Crippen LogP contribution in [0.5, 0.6) is 5.75 Å². The Bertz CT molecular complexity index is 516. The summed E-state index contributed by atoms with van der Waals surface area (Å²) in [5.74, 6) is 0.315. The van der Waals surface area contributed by atoms with Gasteiger partial charge in [-0.3, -0.25) is 4.90 Å². The van der Waals surface area contributed by atoms with Crippen molar-refractivity contribution >= 4 is 0 Å². The summed E-state index contributed by atoms with van der Waals surface area (Å²) in [6, 6.07) is 6.27. The molecule has 1 atom stereocenters. The molecular formula is C18H26F4N2O.